The van der Waals surface area contributed by atoms with Crippen molar-refractivity contribution in [2.45, 2.75) is 32.2 Å². The molecule has 0 saturated heterocycles. The molecule has 1 atom stereocenters. The standard InChI is InChI=1S/C15H22N6O2/c1-2-3-5-11(14(23)18-8-9-22)19-13-12-10(6-4-7-17-12)20-15(16)21-13/h4,6-7,11,22H,2-3,5,8-9H2,1H3,(H,18,23)(H3,16,19,20,21)/t11-/m1/s1. The van der Waals surface area contributed by atoms with Crippen LogP contribution in [0.15, 0.2) is 18.3 Å². The van der Waals surface area contributed by atoms with Gasteiger partial charge in [-0.2, -0.15) is 4.98 Å². The maximum atomic E-state index is 12.3. The van der Waals surface area contributed by atoms with Crippen LogP contribution in [0.2, 0.25) is 0 Å². The predicted octanol–water partition coefficient (Wildman–Crippen LogP) is 0.686. The van der Waals surface area contributed by atoms with E-state index in [1.807, 2.05) is 0 Å². The van der Waals surface area contributed by atoms with Crippen LogP contribution in [0.3, 0.4) is 0 Å². The molecular formula is C15H22N6O2. The number of nitrogens with zero attached hydrogens (tertiary/aromatic N) is 3. The number of anilines is 2. The Morgan fingerprint density at radius 3 is 3.00 bits per heavy atom. The smallest absolute Gasteiger partial charge is 0.242 e. The molecule has 0 bridgehead atoms. The lowest BCUT2D eigenvalue weighted by Crippen LogP contribution is -2.41. The molecule has 2 rings (SSSR count). The third kappa shape index (κ3) is 4.49. The summed E-state index contributed by atoms with van der Waals surface area (Å²) < 4.78 is 0. The van der Waals surface area contributed by atoms with E-state index in [0.717, 1.165) is 12.8 Å². The van der Waals surface area contributed by atoms with E-state index in [1.54, 1.807) is 18.3 Å². The molecule has 23 heavy (non-hydrogen) atoms. The van der Waals surface area contributed by atoms with Crippen LogP contribution in [0, 0.1) is 0 Å². The quantitative estimate of drug-likeness (QED) is 0.564. The summed E-state index contributed by atoms with van der Waals surface area (Å²) in [5, 5.41) is 14.7. The summed E-state index contributed by atoms with van der Waals surface area (Å²) in [5.41, 5.74) is 6.92. The summed E-state index contributed by atoms with van der Waals surface area (Å²) in [6.45, 7) is 2.17. The lowest BCUT2D eigenvalue weighted by atomic mass is 10.1. The Kier molecular flexibility index (Phi) is 6.04. The maximum absolute atomic E-state index is 12.3. The minimum Gasteiger partial charge on any atom is -0.395 e. The van der Waals surface area contributed by atoms with Crippen LogP contribution in [0.4, 0.5) is 11.8 Å². The highest BCUT2D eigenvalue weighted by Crippen LogP contribution is 2.20. The third-order valence-corrected chi connectivity index (χ3v) is 3.36. The molecule has 0 unspecified atom stereocenters. The van der Waals surface area contributed by atoms with Gasteiger partial charge in [-0.05, 0) is 18.6 Å². The molecule has 2 aromatic heterocycles. The summed E-state index contributed by atoms with van der Waals surface area (Å²) in [6, 6.07) is 3.08. The molecule has 0 aliphatic heterocycles. The molecule has 8 nitrogen and oxygen atoms in total. The average molecular weight is 318 g/mol. The van der Waals surface area contributed by atoms with Crippen molar-refractivity contribution in [1.82, 2.24) is 20.3 Å². The number of amides is 1. The lowest BCUT2D eigenvalue weighted by Gasteiger charge is -2.19. The zero-order valence-corrected chi connectivity index (χ0v) is 13.1. The molecule has 0 fully saturated rings. The molecule has 0 aromatic carbocycles. The van der Waals surface area contributed by atoms with Gasteiger partial charge in [-0.15, -0.1) is 0 Å². The van der Waals surface area contributed by atoms with Crippen molar-refractivity contribution < 1.29 is 9.90 Å². The normalized spacial score (nSPS) is 12.1. The second kappa shape index (κ2) is 8.23. The van der Waals surface area contributed by atoms with Crippen molar-refractivity contribution >= 4 is 28.7 Å². The Morgan fingerprint density at radius 2 is 2.26 bits per heavy atom. The Hall–Kier alpha value is -2.48. The van der Waals surface area contributed by atoms with Crippen LogP contribution < -0.4 is 16.4 Å². The Balaban J connectivity index is 2.26. The van der Waals surface area contributed by atoms with Crippen LogP contribution in [0.5, 0.6) is 0 Å². The number of hydrogen-bond acceptors (Lipinski definition) is 7. The van der Waals surface area contributed by atoms with Gasteiger partial charge in [-0.25, -0.2) is 4.98 Å². The van der Waals surface area contributed by atoms with Crippen LogP contribution in [-0.4, -0.2) is 45.2 Å². The number of carbonyl (C=O) groups excluding carboxylic acids is 1. The molecule has 0 spiro atoms. The number of nitrogens with two attached hydrogens (primary N) is 1. The highest BCUT2D eigenvalue weighted by molar-refractivity contribution is 5.90. The summed E-state index contributed by atoms with van der Waals surface area (Å²) in [7, 11) is 0. The van der Waals surface area contributed by atoms with E-state index in [1.165, 1.54) is 0 Å². The number of rotatable bonds is 8. The number of pyridine rings is 1. The average Bonchev–Trinajstić information content (AvgIpc) is 2.56. The fraction of sp³-hybridized carbons (Fsp3) is 0.467. The Bertz CT molecular complexity index is 663. The molecule has 1 amide bonds. The minimum absolute atomic E-state index is 0.100. The molecular weight excluding hydrogens is 296 g/mol. The van der Waals surface area contributed by atoms with E-state index in [-0.39, 0.29) is 25.0 Å². The molecule has 8 heteroatoms. The molecule has 0 aliphatic rings. The number of carbonyl (C=O) groups is 1. The van der Waals surface area contributed by atoms with Gasteiger partial charge in [0.25, 0.3) is 0 Å². The molecule has 2 aromatic rings. The second-order valence-corrected chi connectivity index (χ2v) is 5.16. The third-order valence-electron chi connectivity index (χ3n) is 3.36. The molecule has 0 radical (unpaired) electrons. The summed E-state index contributed by atoms with van der Waals surface area (Å²) >= 11 is 0. The van der Waals surface area contributed by atoms with E-state index < -0.39 is 6.04 Å². The van der Waals surface area contributed by atoms with Gasteiger partial charge in [-0.3, -0.25) is 9.78 Å². The second-order valence-electron chi connectivity index (χ2n) is 5.16. The zero-order chi connectivity index (χ0) is 16.7. The Morgan fingerprint density at radius 1 is 1.43 bits per heavy atom. The fourth-order valence-corrected chi connectivity index (χ4v) is 2.23. The van der Waals surface area contributed by atoms with Crippen molar-refractivity contribution in [2.75, 3.05) is 24.2 Å². The van der Waals surface area contributed by atoms with Gasteiger partial charge in [0.2, 0.25) is 11.9 Å². The first kappa shape index (κ1) is 16.9. The van der Waals surface area contributed by atoms with Crippen LogP contribution >= 0.6 is 0 Å². The maximum Gasteiger partial charge on any atom is 0.242 e. The van der Waals surface area contributed by atoms with Gasteiger partial charge in [0.05, 0.1) is 12.1 Å². The molecule has 0 aliphatic carbocycles. The number of nitrogen functional groups attached to an aromatic ring is 1. The van der Waals surface area contributed by atoms with Crippen LogP contribution in [0.1, 0.15) is 26.2 Å². The van der Waals surface area contributed by atoms with Gasteiger partial charge in [0.1, 0.15) is 11.6 Å². The predicted molar refractivity (Wildman–Crippen MR) is 88.8 cm³/mol. The monoisotopic (exact) mass is 318 g/mol. The van der Waals surface area contributed by atoms with Gasteiger partial charge >= 0.3 is 0 Å². The summed E-state index contributed by atoms with van der Waals surface area (Å²) in [6.07, 6.45) is 4.14. The SMILES string of the molecule is CCCC[C@@H](Nc1nc(N)nc2cccnc12)C(=O)NCCO. The van der Waals surface area contributed by atoms with E-state index in [0.29, 0.717) is 23.3 Å². The number of nitrogens with one attached hydrogen (secondary N) is 2. The number of aromatic nitrogens is 3. The zero-order valence-electron chi connectivity index (χ0n) is 13.1. The van der Waals surface area contributed by atoms with E-state index >= 15 is 0 Å². The summed E-state index contributed by atoms with van der Waals surface area (Å²) in [4.78, 5) is 24.8. The fourth-order valence-electron chi connectivity index (χ4n) is 2.23. The highest BCUT2D eigenvalue weighted by Gasteiger charge is 2.20. The Labute approximate surface area is 134 Å². The number of hydrogen-bond donors (Lipinski definition) is 4. The molecule has 2 heterocycles. The number of aliphatic hydroxyl groups excluding tert-OH is 1. The van der Waals surface area contributed by atoms with Gasteiger partial charge < -0.3 is 21.5 Å². The van der Waals surface area contributed by atoms with Gasteiger partial charge in [0.15, 0.2) is 5.82 Å². The van der Waals surface area contributed by atoms with Crippen LogP contribution in [-0.2, 0) is 4.79 Å². The van der Waals surface area contributed by atoms with E-state index in [4.69, 9.17) is 10.8 Å². The molecule has 5 N–H and O–H groups in total. The number of aliphatic hydroxyl groups is 1. The lowest BCUT2D eigenvalue weighted by molar-refractivity contribution is -0.122. The van der Waals surface area contributed by atoms with Crippen LogP contribution in [0.25, 0.3) is 11.0 Å². The largest absolute Gasteiger partial charge is 0.395 e. The van der Waals surface area contributed by atoms with Crippen molar-refractivity contribution in [2.24, 2.45) is 0 Å². The topological polar surface area (TPSA) is 126 Å². The van der Waals surface area contributed by atoms with Gasteiger partial charge in [-0.1, -0.05) is 19.8 Å². The van der Waals surface area contributed by atoms with Gasteiger partial charge in [0, 0.05) is 12.7 Å². The van der Waals surface area contributed by atoms with Crippen molar-refractivity contribution in [3.05, 3.63) is 18.3 Å². The summed E-state index contributed by atoms with van der Waals surface area (Å²) in [5.74, 6) is 0.375. The first-order valence-corrected chi connectivity index (χ1v) is 7.69. The highest BCUT2D eigenvalue weighted by atomic mass is 16.3. The van der Waals surface area contributed by atoms with Crippen molar-refractivity contribution in [3.63, 3.8) is 0 Å². The first-order valence-electron chi connectivity index (χ1n) is 7.69. The molecule has 0 saturated carbocycles. The van der Waals surface area contributed by atoms with Crippen molar-refractivity contribution in [1.29, 1.82) is 0 Å². The first-order chi connectivity index (χ1) is 11.2. The van der Waals surface area contributed by atoms with E-state index in [9.17, 15) is 4.79 Å². The van der Waals surface area contributed by atoms with Crippen molar-refractivity contribution in [3.8, 4) is 0 Å². The molecule has 124 valence electrons. The minimum atomic E-state index is -0.471. The number of unbranched alkanes of at least 4 members (excludes halogenated alkanes) is 1. The number of fused-ring (bicyclic) bond motifs is 1. The van der Waals surface area contributed by atoms with E-state index in [2.05, 4.69) is 32.5 Å².